The summed E-state index contributed by atoms with van der Waals surface area (Å²) in [4.78, 5) is 6.67. The zero-order valence-corrected chi connectivity index (χ0v) is 16.3. The van der Waals surface area contributed by atoms with Crippen molar-refractivity contribution in [2.75, 3.05) is 31.3 Å². The van der Waals surface area contributed by atoms with Crippen LogP contribution in [0.2, 0.25) is 0 Å². The molecule has 0 aliphatic carbocycles. The number of anilines is 1. The zero-order valence-electron chi connectivity index (χ0n) is 15.5. The lowest BCUT2D eigenvalue weighted by Crippen LogP contribution is -2.82. The smallest absolute Gasteiger partial charge is 0.217 e. The molecular weight excluding hydrogens is 358 g/mol. The van der Waals surface area contributed by atoms with Gasteiger partial charge in [0, 0.05) is 36.7 Å². The minimum Gasteiger partial charge on any atom is -0.378 e. The van der Waals surface area contributed by atoms with Crippen LogP contribution in [0.25, 0.3) is 11.4 Å². The first kappa shape index (κ1) is 18.0. The summed E-state index contributed by atoms with van der Waals surface area (Å²) in [6.07, 6.45) is 0.256. The Morgan fingerprint density at radius 1 is 1.15 bits per heavy atom. The number of nitrogens with one attached hydrogen (secondary N) is 1. The summed E-state index contributed by atoms with van der Waals surface area (Å²) >= 11 is 1.63. The summed E-state index contributed by atoms with van der Waals surface area (Å²) in [6.45, 7) is 0.947. The predicted molar refractivity (Wildman–Crippen MR) is 108 cm³/mol. The van der Waals surface area contributed by atoms with Gasteiger partial charge in [-0.25, -0.2) is 4.98 Å². The molecule has 0 radical (unpaired) electrons. The van der Waals surface area contributed by atoms with E-state index in [0.717, 1.165) is 28.8 Å². The van der Waals surface area contributed by atoms with E-state index in [1.165, 1.54) is 11.3 Å². The molecular formula is C20H24N5OS+. The van der Waals surface area contributed by atoms with Gasteiger partial charge in [-0.1, -0.05) is 42.1 Å². The van der Waals surface area contributed by atoms with E-state index in [9.17, 15) is 0 Å². The van der Waals surface area contributed by atoms with Crippen LogP contribution in [0.15, 0.2) is 59.8 Å². The second-order valence-electron chi connectivity index (χ2n) is 6.78. The number of hydrogen-bond acceptors (Lipinski definition) is 5. The van der Waals surface area contributed by atoms with E-state index >= 15 is 0 Å². The molecule has 1 fully saturated rings. The molecule has 140 valence electrons. The molecule has 0 spiro atoms. The van der Waals surface area contributed by atoms with E-state index in [1.54, 1.807) is 11.8 Å². The van der Waals surface area contributed by atoms with Crippen molar-refractivity contribution in [3.63, 3.8) is 0 Å². The first-order valence-electron chi connectivity index (χ1n) is 9.06. The zero-order chi connectivity index (χ0) is 18.6. The van der Waals surface area contributed by atoms with Crippen molar-refractivity contribution in [2.45, 2.75) is 17.5 Å². The number of nitrogens with zero attached hydrogens (tertiary/aromatic N) is 3. The Balaban J connectivity index is 1.31. The summed E-state index contributed by atoms with van der Waals surface area (Å²) in [6, 6.07) is 18.6. The third-order valence-electron chi connectivity index (χ3n) is 4.60. The van der Waals surface area contributed by atoms with Crippen LogP contribution < -0.4 is 10.2 Å². The fraction of sp³-hybridized carbons (Fsp3) is 0.300. The number of aromatic nitrogens is 3. The minimum atomic E-state index is 0.0684. The Kier molecular flexibility index (Phi) is 5.42. The van der Waals surface area contributed by atoms with Crippen LogP contribution >= 0.6 is 11.8 Å². The van der Waals surface area contributed by atoms with E-state index in [2.05, 4.69) is 49.7 Å². The Morgan fingerprint density at radius 3 is 2.67 bits per heavy atom. The van der Waals surface area contributed by atoms with E-state index in [-0.39, 0.29) is 12.3 Å². The van der Waals surface area contributed by atoms with Crippen molar-refractivity contribution in [1.82, 2.24) is 15.2 Å². The summed E-state index contributed by atoms with van der Waals surface area (Å²) in [7, 11) is 4.10. The third kappa shape index (κ3) is 4.32. The molecule has 0 unspecified atom stereocenters. The molecule has 0 saturated carbocycles. The van der Waals surface area contributed by atoms with Crippen LogP contribution in [0.3, 0.4) is 0 Å². The van der Waals surface area contributed by atoms with Gasteiger partial charge in [-0.2, -0.15) is 0 Å². The van der Waals surface area contributed by atoms with Crippen LogP contribution in [0.5, 0.6) is 0 Å². The highest BCUT2D eigenvalue weighted by Crippen LogP contribution is 2.24. The molecule has 1 aliphatic rings. The average Bonchev–Trinajstić information content (AvgIpc) is 3.37. The number of thioether (sulfide) groups is 1. The highest BCUT2D eigenvalue weighted by molar-refractivity contribution is 7.99. The van der Waals surface area contributed by atoms with Gasteiger partial charge in [-0.15, -0.1) is 5.10 Å². The lowest BCUT2D eigenvalue weighted by atomic mass is 10.2. The SMILES string of the molecule is CN(C)c1ccc([C@H]2[NH2+]C[C@H](CSc3n[nH]c(-c4ccccc4)n3)O2)cc1. The first-order valence-corrected chi connectivity index (χ1v) is 10.0. The number of ether oxygens (including phenoxy) is 1. The number of hydrogen-bond donors (Lipinski definition) is 2. The van der Waals surface area contributed by atoms with Crippen LogP contribution in [0.1, 0.15) is 11.8 Å². The van der Waals surface area contributed by atoms with Gasteiger partial charge in [0.05, 0.1) is 0 Å². The van der Waals surface area contributed by atoms with Crippen molar-refractivity contribution in [2.24, 2.45) is 0 Å². The molecule has 1 aliphatic heterocycles. The molecule has 4 rings (SSSR count). The Hall–Kier alpha value is -2.35. The quantitative estimate of drug-likeness (QED) is 0.640. The molecule has 3 N–H and O–H groups in total. The summed E-state index contributed by atoms with van der Waals surface area (Å²) in [5.41, 5.74) is 3.45. The van der Waals surface area contributed by atoms with Gasteiger partial charge in [-0.05, 0) is 24.3 Å². The topological polar surface area (TPSA) is 70.7 Å². The lowest BCUT2D eigenvalue weighted by Gasteiger charge is -2.14. The summed E-state index contributed by atoms with van der Waals surface area (Å²) in [5.74, 6) is 1.64. The lowest BCUT2D eigenvalue weighted by molar-refractivity contribution is -0.697. The van der Waals surface area contributed by atoms with Gasteiger partial charge in [0.25, 0.3) is 0 Å². The van der Waals surface area contributed by atoms with Crippen molar-refractivity contribution in [3.05, 3.63) is 60.2 Å². The van der Waals surface area contributed by atoms with E-state index in [4.69, 9.17) is 4.74 Å². The number of benzene rings is 2. The molecule has 2 atom stereocenters. The maximum absolute atomic E-state index is 6.21. The average molecular weight is 383 g/mol. The van der Waals surface area contributed by atoms with Crippen LogP contribution in [0.4, 0.5) is 5.69 Å². The van der Waals surface area contributed by atoms with Crippen molar-refractivity contribution in [3.8, 4) is 11.4 Å². The highest BCUT2D eigenvalue weighted by Gasteiger charge is 2.30. The van der Waals surface area contributed by atoms with E-state index in [1.807, 2.05) is 44.4 Å². The van der Waals surface area contributed by atoms with Gasteiger partial charge < -0.3 is 15.0 Å². The summed E-state index contributed by atoms with van der Waals surface area (Å²) < 4.78 is 6.21. The molecule has 7 heteroatoms. The van der Waals surface area contributed by atoms with Crippen molar-refractivity contribution >= 4 is 17.4 Å². The highest BCUT2D eigenvalue weighted by atomic mass is 32.2. The fourth-order valence-electron chi connectivity index (χ4n) is 3.08. The normalized spacial score (nSPS) is 19.3. The first-order chi connectivity index (χ1) is 13.2. The number of aromatic amines is 1. The molecule has 2 aromatic carbocycles. The van der Waals surface area contributed by atoms with Crippen molar-refractivity contribution < 1.29 is 10.1 Å². The molecule has 6 nitrogen and oxygen atoms in total. The molecule has 0 bridgehead atoms. The minimum absolute atomic E-state index is 0.0684. The standard InChI is InChI=1S/C20H23N5OS/c1-25(2)16-10-8-15(9-11-16)19-21-12-17(26-19)13-27-20-22-18(23-24-20)14-6-4-3-5-7-14/h3-11,17,19,21H,12-13H2,1-2H3,(H,22,23,24)/p+1/t17-,19+/m1/s1. The molecule has 1 aromatic heterocycles. The van der Waals surface area contributed by atoms with Gasteiger partial charge in [0.1, 0.15) is 12.6 Å². The molecule has 1 saturated heterocycles. The number of nitrogens with two attached hydrogens (primary N) is 1. The van der Waals surface area contributed by atoms with Gasteiger partial charge in [0.2, 0.25) is 11.4 Å². The second kappa shape index (κ2) is 8.12. The summed E-state index contributed by atoms with van der Waals surface area (Å²) in [5, 5.41) is 10.3. The molecule has 27 heavy (non-hydrogen) atoms. The Morgan fingerprint density at radius 2 is 1.93 bits per heavy atom. The van der Waals surface area contributed by atoms with Crippen LogP contribution in [-0.2, 0) is 4.74 Å². The Bertz CT molecular complexity index is 866. The third-order valence-corrected chi connectivity index (χ3v) is 5.58. The molecule has 3 aromatic rings. The van der Waals surface area contributed by atoms with Gasteiger partial charge in [0.15, 0.2) is 5.82 Å². The maximum atomic E-state index is 6.21. The molecule has 0 amide bonds. The number of rotatable bonds is 6. The largest absolute Gasteiger partial charge is 0.378 e. The monoisotopic (exact) mass is 382 g/mol. The van der Waals surface area contributed by atoms with E-state index in [0.29, 0.717) is 0 Å². The molecule has 2 heterocycles. The predicted octanol–water partition coefficient (Wildman–Crippen LogP) is 2.29. The fourth-order valence-corrected chi connectivity index (χ4v) is 3.90. The van der Waals surface area contributed by atoms with Gasteiger partial charge >= 0.3 is 0 Å². The maximum Gasteiger partial charge on any atom is 0.217 e. The number of H-pyrrole nitrogens is 1. The van der Waals surface area contributed by atoms with Crippen molar-refractivity contribution in [1.29, 1.82) is 0 Å². The van der Waals surface area contributed by atoms with Crippen LogP contribution in [-0.4, -0.2) is 47.7 Å². The van der Waals surface area contributed by atoms with Gasteiger partial charge in [-0.3, -0.25) is 5.10 Å². The van der Waals surface area contributed by atoms with E-state index < -0.39 is 0 Å². The number of quaternary nitrogens is 1. The second-order valence-corrected chi connectivity index (χ2v) is 7.77. The van der Waals surface area contributed by atoms with Crippen LogP contribution in [0, 0.1) is 0 Å². The Labute approximate surface area is 163 Å².